The number of aryl methyl sites for hydroxylation is 1. The molecule has 0 bridgehead atoms. The predicted octanol–water partition coefficient (Wildman–Crippen LogP) is 0.938. The van der Waals surface area contributed by atoms with Gasteiger partial charge in [-0.3, -0.25) is 14.6 Å². The number of hydrogen-bond donors (Lipinski definition) is 0. The topological polar surface area (TPSA) is 84.2 Å². The van der Waals surface area contributed by atoms with Crippen LogP contribution in [0, 0.1) is 5.92 Å². The number of aromatic nitrogens is 4. The van der Waals surface area contributed by atoms with Crippen molar-refractivity contribution in [3.05, 3.63) is 30.4 Å². The molecule has 1 saturated heterocycles. The fourth-order valence-electron chi connectivity index (χ4n) is 3.09. The Hall–Kier alpha value is -1.84. The van der Waals surface area contributed by atoms with E-state index in [0.29, 0.717) is 19.0 Å². The van der Waals surface area contributed by atoms with Gasteiger partial charge in [0.25, 0.3) is 10.2 Å². The highest BCUT2D eigenvalue weighted by Gasteiger charge is 2.29. The molecule has 1 aliphatic heterocycles. The van der Waals surface area contributed by atoms with Crippen LogP contribution in [0.15, 0.2) is 24.7 Å². The van der Waals surface area contributed by atoms with Crippen LogP contribution in [0.3, 0.4) is 0 Å². The van der Waals surface area contributed by atoms with Crippen molar-refractivity contribution in [3.8, 4) is 11.4 Å². The van der Waals surface area contributed by atoms with Crippen molar-refractivity contribution in [2.45, 2.75) is 19.3 Å². The first-order valence-corrected chi connectivity index (χ1v) is 9.74. The highest BCUT2D eigenvalue weighted by molar-refractivity contribution is 7.86. The summed E-state index contributed by atoms with van der Waals surface area (Å²) in [5.41, 5.74) is 2.68. The van der Waals surface area contributed by atoms with Gasteiger partial charge < -0.3 is 0 Å². The lowest BCUT2D eigenvalue weighted by Crippen LogP contribution is -2.44. The van der Waals surface area contributed by atoms with Crippen molar-refractivity contribution < 1.29 is 8.42 Å². The molecule has 2 aromatic heterocycles. The van der Waals surface area contributed by atoms with E-state index in [0.717, 1.165) is 36.3 Å². The van der Waals surface area contributed by atoms with E-state index >= 15 is 0 Å². The van der Waals surface area contributed by atoms with Gasteiger partial charge in [-0.25, -0.2) is 0 Å². The summed E-state index contributed by atoms with van der Waals surface area (Å²) < 4.78 is 28.9. The molecule has 0 N–H and O–H groups in total. The molecule has 0 spiro atoms. The summed E-state index contributed by atoms with van der Waals surface area (Å²) in [6.07, 6.45) is 7.84. The molecular weight excluding hydrogens is 340 g/mol. The average Bonchev–Trinajstić information content (AvgIpc) is 3.02. The summed E-state index contributed by atoms with van der Waals surface area (Å²) in [7, 11) is 1.72. The van der Waals surface area contributed by atoms with E-state index in [4.69, 9.17) is 0 Å². The number of piperidine rings is 1. The fourth-order valence-corrected chi connectivity index (χ4v) is 4.22. The molecule has 0 atom stereocenters. The monoisotopic (exact) mass is 364 g/mol. The van der Waals surface area contributed by atoms with Gasteiger partial charge in [0.05, 0.1) is 17.6 Å². The van der Waals surface area contributed by atoms with Crippen molar-refractivity contribution in [1.82, 2.24) is 28.4 Å². The van der Waals surface area contributed by atoms with Crippen LogP contribution in [0.5, 0.6) is 0 Å². The molecule has 3 rings (SSSR count). The Kier molecular flexibility index (Phi) is 5.16. The van der Waals surface area contributed by atoms with Crippen LogP contribution in [0.2, 0.25) is 0 Å². The Labute approximate surface area is 148 Å². The Balaban J connectivity index is 1.59. The molecule has 9 heteroatoms. The lowest BCUT2D eigenvalue weighted by molar-refractivity contribution is 0.261. The highest BCUT2D eigenvalue weighted by atomic mass is 32.2. The van der Waals surface area contributed by atoms with Gasteiger partial charge in [-0.15, -0.1) is 0 Å². The normalized spacial score (nSPS) is 17.3. The first kappa shape index (κ1) is 18.0. The van der Waals surface area contributed by atoms with Crippen molar-refractivity contribution in [2.24, 2.45) is 13.0 Å². The standard InChI is InChI=1S/C16H24N6O2S/c1-20(2)25(23,24)22-8-5-13(6-9-22)10-14-11-18-15(12-17-14)16-4-7-19-21(16)3/h4,7,11-13H,5-6,8-10H2,1-3H3. The van der Waals surface area contributed by atoms with E-state index in [1.54, 1.807) is 35.5 Å². The highest BCUT2D eigenvalue weighted by Crippen LogP contribution is 2.23. The second-order valence-electron chi connectivity index (χ2n) is 6.57. The lowest BCUT2D eigenvalue weighted by atomic mass is 9.93. The third kappa shape index (κ3) is 3.88. The Morgan fingerprint density at radius 3 is 2.44 bits per heavy atom. The molecule has 8 nitrogen and oxygen atoms in total. The molecule has 0 amide bonds. The fraction of sp³-hybridized carbons (Fsp3) is 0.562. The van der Waals surface area contributed by atoms with Gasteiger partial charge in [0.2, 0.25) is 0 Å². The molecule has 3 heterocycles. The summed E-state index contributed by atoms with van der Waals surface area (Å²) in [6.45, 7) is 1.12. The molecule has 0 aromatic carbocycles. The summed E-state index contributed by atoms with van der Waals surface area (Å²) in [4.78, 5) is 9.01. The van der Waals surface area contributed by atoms with Crippen LogP contribution >= 0.6 is 0 Å². The largest absolute Gasteiger partial charge is 0.281 e. The first-order valence-electron chi connectivity index (χ1n) is 8.35. The van der Waals surface area contributed by atoms with Crippen LogP contribution in [0.4, 0.5) is 0 Å². The maximum absolute atomic E-state index is 12.2. The SMILES string of the molecule is CN(C)S(=O)(=O)N1CCC(Cc2cnc(-c3ccnn3C)cn2)CC1. The van der Waals surface area contributed by atoms with Crippen molar-refractivity contribution in [3.63, 3.8) is 0 Å². The molecule has 25 heavy (non-hydrogen) atoms. The Bertz CT molecular complexity index is 807. The summed E-state index contributed by atoms with van der Waals surface area (Å²) >= 11 is 0. The molecule has 0 radical (unpaired) electrons. The smallest absolute Gasteiger partial charge is 0.266 e. The summed E-state index contributed by atoms with van der Waals surface area (Å²) in [6, 6.07) is 1.91. The van der Waals surface area contributed by atoms with Crippen LogP contribution in [-0.4, -0.2) is 64.0 Å². The maximum atomic E-state index is 12.2. The van der Waals surface area contributed by atoms with E-state index in [1.807, 2.05) is 19.3 Å². The Morgan fingerprint density at radius 1 is 1.20 bits per heavy atom. The second kappa shape index (κ2) is 7.19. The second-order valence-corrected chi connectivity index (χ2v) is 8.71. The number of nitrogens with zero attached hydrogens (tertiary/aromatic N) is 6. The van der Waals surface area contributed by atoms with Crippen molar-refractivity contribution in [1.29, 1.82) is 0 Å². The van der Waals surface area contributed by atoms with Crippen LogP contribution < -0.4 is 0 Å². The van der Waals surface area contributed by atoms with E-state index < -0.39 is 10.2 Å². The van der Waals surface area contributed by atoms with Gasteiger partial charge in [-0.2, -0.15) is 22.1 Å². The molecule has 2 aromatic rings. The van der Waals surface area contributed by atoms with Crippen LogP contribution in [0.25, 0.3) is 11.4 Å². The minimum atomic E-state index is -3.30. The molecule has 0 saturated carbocycles. The van der Waals surface area contributed by atoms with Crippen LogP contribution in [0.1, 0.15) is 18.5 Å². The lowest BCUT2D eigenvalue weighted by Gasteiger charge is -2.32. The van der Waals surface area contributed by atoms with E-state index in [-0.39, 0.29) is 0 Å². The zero-order valence-corrected chi connectivity index (χ0v) is 15.6. The quantitative estimate of drug-likeness (QED) is 0.788. The summed E-state index contributed by atoms with van der Waals surface area (Å²) in [5.74, 6) is 0.436. The van der Waals surface area contributed by atoms with Crippen molar-refractivity contribution in [2.75, 3.05) is 27.2 Å². The third-order valence-electron chi connectivity index (χ3n) is 4.65. The molecule has 1 fully saturated rings. The van der Waals surface area contributed by atoms with Gasteiger partial charge in [0.1, 0.15) is 5.69 Å². The van der Waals surface area contributed by atoms with E-state index in [1.165, 1.54) is 4.31 Å². The predicted molar refractivity (Wildman–Crippen MR) is 94.8 cm³/mol. The maximum Gasteiger partial charge on any atom is 0.281 e. The summed E-state index contributed by atoms with van der Waals surface area (Å²) in [5, 5.41) is 4.14. The zero-order chi connectivity index (χ0) is 18.0. The minimum absolute atomic E-state index is 0.436. The molecule has 136 valence electrons. The van der Waals surface area contributed by atoms with Crippen molar-refractivity contribution >= 4 is 10.2 Å². The number of rotatable bonds is 5. The average molecular weight is 364 g/mol. The number of hydrogen-bond acceptors (Lipinski definition) is 5. The molecule has 1 aliphatic rings. The van der Waals surface area contributed by atoms with Crippen LogP contribution in [-0.2, 0) is 23.7 Å². The molecule has 0 unspecified atom stereocenters. The van der Waals surface area contributed by atoms with Gasteiger partial charge in [0.15, 0.2) is 0 Å². The zero-order valence-electron chi connectivity index (χ0n) is 14.8. The van der Waals surface area contributed by atoms with E-state index in [2.05, 4.69) is 15.1 Å². The molecule has 0 aliphatic carbocycles. The minimum Gasteiger partial charge on any atom is -0.266 e. The third-order valence-corrected chi connectivity index (χ3v) is 6.59. The Morgan fingerprint density at radius 2 is 1.92 bits per heavy atom. The van der Waals surface area contributed by atoms with E-state index in [9.17, 15) is 8.42 Å². The molecular formula is C16H24N6O2S. The van der Waals surface area contributed by atoms with Gasteiger partial charge in [0, 0.05) is 46.6 Å². The first-order chi connectivity index (χ1) is 11.9. The van der Waals surface area contributed by atoms with Gasteiger partial charge >= 0.3 is 0 Å². The van der Waals surface area contributed by atoms with Gasteiger partial charge in [-0.1, -0.05) is 0 Å². The van der Waals surface area contributed by atoms with Gasteiger partial charge in [-0.05, 0) is 31.2 Å².